The van der Waals surface area contributed by atoms with Gasteiger partial charge in [0.05, 0.1) is 6.20 Å². The first kappa shape index (κ1) is 12.4. The number of fused-ring (bicyclic) bond motifs is 1. The summed E-state index contributed by atoms with van der Waals surface area (Å²) in [6.07, 6.45) is 5.90. The van der Waals surface area contributed by atoms with Crippen molar-refractivity contribution in [2.24, 2.45) is 0 Å². The third-order valence-electron chi connectivity index (χ3n) is 2.99. The molecule has 0 aliphatic rings. The molecule has 0 bridgehead atoms. The number of hydrogen-bond acceptors (Lipinski definition) is 4. The fourth-order valence-electron chi connectivity index (χ4n) is 2.09. The van der Waals surface area contributed by atoms with E-state index in [0.29, 0.717) is 24.6 Å². The van der Waals surface area contributed by atoms with Crippen molar-refractivity contribution < 1.29 is 4.39 Å². The molecule has 0 aliphatic carbocycles. The summed E-state index contributed by atoms with van der Waals surface area (Å²) in [6, 6.07) is 6.56. The topological polar surface area (TPSA) is 68.2 Å². The van der Waals surface area contributed by atoms with E-state index in [2.05, 4.69) is 15.3 Å². The number of nitrogens with one attached hydrogen (secondary N) is 1. The Morgan fingerprint density at radius 3 is 3.10 bits per heavy atom. The second kappa shape index (κ2) is 5.16. The molecule has 3 aromatic rings. The zero-order chi connectivity index (χ0) is 13.9. The lowest BCUT2D eigenvalue weighted by molar-refractivity contribution is 0.625. The highest BCUT2D eigenvalue weighted by Crippen LogP contribution is 2.14. The highest BCUT2D eigenvalue weighted by atomic mass is 19.1. The maximum absolute atomic E-state index is 13.1. The number of benzene rings is 1. The normalized spacial score (nSPS) is 10.8. The van der Waals surface area contributed by atoms with Crippen molar-refractivity contribution in [2.75, 3.05) is 17.6 Å². The summed E-state index contributed by atoms with van der Waals surface area (Å²) in [5.41, 5.74) is 7.39. The van der Waals surface area contributed by atoms with E-state index in [1.54, 1.807) is 18.5 Å². The highest BCUT2D eigenvalue weighted by Gasteiger charge is 2.05. The van der Waals surface area contributed by atoms with Crippen LogP contribution in [0.1, 0.15) is 5.56 Å². The fourth-order valence-corrected chi connectivity index (χ4v) is 2.09. The molecule has 0 amide bonds. The molecule has 0 radical (unpaired) electrons. The van der Waals surface area contributed by atoms with Crippen molar-refractivity contribution in [1.29, 1.82) is 0 Å². The van der Waals surface area contributed by atoms with Crippen molar-refractivity contribution in [3.05, 3.63) is 54.2 Å². The quantitative estimate of drug-likeness (QED) is 0.762. The molecule has 3 N–H and O–H groups in total. The standard InChI is InChI=1S/C14H14FN5/c15-11-3-1-2-10(8-11)4-5-17-13-14-18-6-7-20(14)9-12(16)19-13/h1-3,6-9H,4-5,16H2,(H,17,19). The molecule has 0 saturated carbocycles. The summed E-state index contributed by atoms with van der Waals surface area (Å²) >= 11 is 0. The first-order valence-corrected chi connectivity index (χ1v) is 6.30. The Labute approximate surface area is 115 Å². The average molecular weight is 271 g/mol. The molecule has 5 nitrogen and oxygen atoms in total. The van der Waals surface area contributed by atoms with Gasteiger partial charge in [0.2, 0.25) is 0 Å². The van der Waals surface area contributed by atoms with Gasteiger partial charge in [0.25, 0.3) is 0 Å². The molecule has 3 rings (SSSR count). The van der Waals surface area contributed by atoms with Gasteiger partial charge >= 0.3 is 0 Å². The second-order valence-electron chi connectivity index (χ2n) is 4.48. The molecule has 102 valence electrons. The molecule has 0 fully saturated rings. The molecule has 0 atom stereocenters. The van der Waals surface area contributed by atoms with E-state index in [0.717, 1.165) is 11.2 Å². The molecule has 0 saturated heterocycles. The van der Waals surface area contributed by atoms with Gasteiger partial charge in [-0.25, -0.2) is 14.4 Å². The number of imidazole rings is 1. The molecular formula is C14H14FN5. The number of nitrogens with zero attached hydrogens (tertiary/aromatic N) is 3. The number of anilines is 2. The van der Waals surface area contributed by atoms with E-state index in [4.69, 9.17) is 5.73 Å². The van der Waals surface area contributed by atoms with Crippen LogP contribution in [0, 0.1) is 5.82 Å². The molecule has 0 unspecified atom stereocenters. The van der Waals surface area contributed by atoms with Crippen molar-refractivity contribution in [3.63, 3.8) is 0 Å². The minimum absolute atomic E-state index is 0.222. The Morgan fingerprint density at radius 1 is 1.35 bits per heavy atom. The molecule has 6 heteroatoms. The van der Waals surface area contributed by atoms with Gasteiger partial charge in [-0.3, -0.25) is 0 Å². The number of rotatable bonds is 4. The summed E-state index contributed by atoms with van der Waals surface area (Å²) < 4.78 is 14.9. The van der Waals surface area contributed by atoms with Gasteiger partial charge in [-0.05, 0) is 24.1 Å². The van der Waals surface area contributed by atoms with Crippen molar-refractivity contribution >= 4 is 17.3 Å². The van der Waals surface area contributed by atoms with E-state index >= 15 is 0 Å². The number of halogens is 1. The number of aromatic nitrogens is 3. The number of hydrogen-bond donors (Lipinski definition) is 2. The van der Waals surface area contributed by atoms with Gasteiger partial charge in [0.1, 0.15) is 11.6 Å². The third-order valence-corrected chi connectivity index (χ3v) is 2.99. The first-order valence-electron chi connectivity index (χ1n) is 6.30. The van der Waals surface area contributed by atoms with Crippen LogP contribution in [0.3, 0.4) is 0 Å². The van der Waals surface area contributed by atoms with Gasteiger partial charge in [-0.15, -0.1) is 0 Å². The van der Waals surface area contributed by atoms with Crippen molar-refractivity contribution in [2.45, 2.75) is 6.42 Å². The highest BCUT2D eigenvalue weighted by molar-refractivity contribution is 5.64. The van der Waals surface area contributed by atoms with Gasteiger partial charge in [-0.1, -0.05) is 12.1 Å². The van der Waals surface area contributed by atoms with E-state index in [9.17, 15) is 4.39 Å². The largest absolute Gasteiger partial charge is 0.382 e. The molecule has 20 heavy (non-hydrogen) atoms. The Hall–Kier alpha value is -2.63. The Morgan fingerprint density at radius 2 is 2.25 bits per heavy atom. The zero-order valence-corrected chi connectivity index (χ0v) is 10.8. The minimum Gasteiger partial charge on any atom is -0.382 e. The van der Waals surface area contributed by atoms with Crippen LogP contribution in [0.2, 0.25) is 0 Å². The maximum atomic E-state index is 13.1. The summed E-state index contributed by atoms with van der Waals surface area (Å²) in [5.74, 6) is 0.829. The predicted molar refractivity (Wildman–Crippen MR) is 76.0 cm³/mol. The zero-order valence-electron chi connectivity index (χ0n) is 10.8. The van der Waals surface area contributed by atoms with Gasteiger partial charge < -0.3 is 15.5 Å². The van der Waals surface area contributed by atoms with Crippen LogP contribution in [-0.4, -0.2) is 20.9 Å². The summed E-state index contributed by atoms with van der Waals surface area (Å²) in [6.45, 7) is 0.627. The van der Waals surface area contributed by atoms with Crippen molar-refractivity contribution in [3.8, 4) is 0 Å². The van der Waals surface area contributed by atoms with Crippen LogP contribution >= 0.6 is 0 Å². The average Bonchev–Trinajstić information content (AvgIpc) is 2.87. The van der Waals surface area contributed by atoms with E-state index < -0.39 is 0 Å². The van der Waals surface area contributed by atoms with E-state index in [1.807, 2.05) is 16.7 Å². The van der Waals surface area contributed by atoms with E-state index in [1.165, 1.54) is 12.1 Å². The first-order chi connectivity index (χ1) is 9.72. The van der Waals surface area contributed by atoms with Gasteiger partial charge in [0, 0.05) is 18.9 Å². The maximum Gasteiger partial charge on any atom is 0.180 e. The Bertz CT molecular complexity index is 737. The van der Waals surface area contributed by atoms with E-state index in [-0.39, 0.29) is 5.82 Å². The summed E-state index contributed by atoms with van der Waals surface area (Å²) in [4.78, 5) is 8.45. The molecule has 1 aromatic carbocycles. The van der Waals surface area contributed by atoms with Crippen molar-refractivity contribution in [1.82, 2.24) is 14.4 Å². The van der Waals surface area contributed by atoms with Crippen LogP contribution in [0.5, 0.6) is 0 Å². The smallest absolute Gasteiger partial charge is 0.180 e. The minimum atomic E-state index is -0.222. The molecule has 0 aliphatic heterocycles. The Kier molecular flexibility index (Phi) is 3.20. The number of nitrogen functional groups attached to an aromatic ring is 1. The van der Waals surface area contributed by atoms with Crippen LogP contribution in [0.4, 0.5) is 16.0 Å². The molecule has 2 heterocycles. The fraction of sp³-hybridized carbons (Fsp3) is 0.143. The lowest BCUT2D eigenvalue weighted by atomic mass is 10.1. The molecular weight excluding hydrogens is 257 g/mol. The van der Waals surface area contributed by atoms with Crippen LogP contribution < -0.4 is 11.1 Å². The van der Waals surface area contributed by atoms with Gasteiger partial charge in [-0.2, -0.15) is 0 Å². The SMILES string of the molecule is Nc1cn2ccnc2c(NCCc2cccc(F)c2)n1. The monoisotopic (exact) mass is 271 g/mol. The van der Waals surface area contributed by atoms with Crippen LogP contribution in [-0.2, 0) is 6.42 Å². The Balaban J connectivity index is 1.72. The summed E-state index contributed by atoms with van der Waals surface area (Å²) in [7, 11) is 0. The summed E-state index contributed by atoms with van der Waals surface area (Å²) in [5, 5.41) is 3.19. The van der Waals surface area contributed by atoms with Crippen LogP contribution in [0.15, 0.2) is 42.9 Å². The lowest BCUT2D eigenvalue weighted by Gasteiger charge is -2.08. The third kappa shape index (κ3) is 2.54. The lowest BCUT2D eigenvalue weighted by Crippen LogP contribution is -2.09. The second-order valence-corrected chi connectivity index (χ2v) is 4.48. The molecule has 2 aromatic heterocycles. The molecule has 0 spiro atoms. The number of nitrogens with two attached hydrogens (primary N) is 1. The van der Waals surface area contributed by atoms with Crippen LogP contribution in [0.25, 0.3) is 5.65 Å². The predicted octanol–water partition coefficient (Wildman–Crippen LogP) is 2.11. The van der Waals surface area contributed by atoms with Gasteiger partial charge in [0.15, 0.2) is 11.5 Å².